The molecule has 2 aromatic rings. The third kappa shape index (κ3) is 3.25. The molecular formula is C18H24N4O2S. The van der Waals surface area contributed by atoms with Crippen LogP contribution in [-0.2, 0) is 9.84 Å². The van der Waals surface area contributed by atoms with Gasteiger partial charge in [0.15, 0.2) is 15.7 Å². The van der Waals surface area contributed by atoms with Crippen molar-refractivity contribution in [2.24, 2.45) is 0 Å². The van der Waals surface area contributed by atoms with Crippen LogP contribution in [-0.4, -0.2) is 47.0 Å². The second-order valence-corrected chi connectivity index (χ2v) is 9.07. The molecule has 134 valence electrons. The molecule has 0 unspecified atom stereocenters. The summed E-state index contributed by atoms with van der Waals surface area (Å²) in [7, 11) is -3.09. The first-order valence-electron chi connectivity index (χ1n) is 8.64. The van der Waals surface area contributed by atoms with Crippen molar-refractivity contribution >= 4 is 15.7 Å². The third-order valence-electron chi connectivity index (χ3n) is 5.14. The molecule has 6 nitrogen and oxygen atoms in total. The summed E-state index contributed by atoms with van der Waals surface area (Å²) in [5, 5.41) is 0. The first-order chi connectivity index (χ1) is 11.9. The number of aromatic nitrogens is 3. The highest BCUT2D eigenvalue weighted by molar-refractivity contribution is 7.92. The van der Waals surface area contributed by atoms with Crippen molar-refractivity contribution in [2.45, 2.75) is 38.4 Å². The number of hydrogen-bond acceptors (Lipinski definition) is 6. The molecule has 0 saturated carbocycles. The lowest BCUT2D eigenvalue weighted by Gasteiger charge is -2.42. The maximum absolute atomic E-state index is 12.6. The highest BCUT2D eigenvalue weighted by Crippen LogP contribution is 2.33. The molecule has 0 N–H and O–H groups in total. The number of pyridine rings is 1. The molecular weight excluding hydrogens is 336 g/mol. The Balaban J connectivity index is 1.99. The number of rotatable bonds is 4. The Labute approximate surface area is 149 Å². The van der Waals surface area contributed by atoms with E-state index in [0.29, 0.717) is 31.8 Å². The fourth-order valence-corrected chi connectivity index (χ4v) is 5.55. The minimum Gasteiger partial charge on any atom is -0.354 e. The van der Waals surface area contributed by atoms with E-state index in [9.17, 15) is 8.42 Å². The van der Waals surface area contributed by atoms with Gasteiger partial charge in [-0.15, -0.1) is 0 Å². The zero-order valence-corrected chi connectivity index (χ0v) is 15.8. The molecule has 1 aliphatic heterocycles. The Morgan fingerprint density at radius 1 is 1.24 bits per heavy atom. The smallest absolute Gasteiger partial charge is 0.163 e. The van der Waals surface area contributed by atoms with Gasteiger partial charge in [0.2, 0.25) is 0 Å². The number of sulfone groups is 1. The topological polar surface area (TPSA) is 76.1 Å². The molecule has 25 heavy (non-hydrogen) atoms. The molecule has 3 heterocycles. The van der Waals surface area contributed by atoms with E-state index in [1.54, 1.807) is 12.4 Å². The highest BCUT2D eigenvalue weighted by Gasteiger charge is 2.45. The van der Waals surface area contributed by atoms with Crippen molar-refractivity contribution in [3.8, 4) is 11.4 Å². The average molecular weight is 360 g/mol. The predicted molar refractivity (Wildman–Crippen MR) is 99.3 cm³/mol. The highest BCUT2D eigenvalue weighted by atomic mass is 32.2. The monoisotopic (exact) mass is 360 g/mol. The summed E-state index contributed by atoms with van der Waals surface area (Å²) in [6.45, 7) is 6.78. The van der Waals surface area contributed by atoms with E-state index in [4.69, 9.17) is 0 Å². The Bertz CT molecular complexity index is 849. The van der Waals surface area contributed by atoms with Crippen LogP contribution in [0.4, 0.5) is 5.82 Å². The van der Waals surface area contributed by atoms with Crippen molar-refractivity contribution < 1.29 is 8.42 Å². The van der Waals surface area contributed by atoms with Crippen LogP contribution in [0, 0.1) is 6.92 Å². The zero-order chi connectivity index (χ0) is 18.1. The molecule has 0 atom stereocenters. The third-order valence-corrected chi connectivity index (χ3v) is 7.89. The van der Waals surface area contributed by atoms with Gasteiger partial charge in [-0.1, -0.05) is 13.8 Å². The molecule has 0 bridgehead atoms. The van der Waals surface area contributed by atoms with Crippen molar-refractivity contribution in [1.29, 1.82) is 0 Å². The molecule has 7 heteroatoms. The van der Waals surface area contributed by atoms with E-state index in [2.05, 4.69) is 19.9 Å². The van der Waals surface area contributed by atoms with Gasteiger partial charge < -0.3 is 4.90 Å². The standard InChI is InChI=1S/C18H24N4O2S/c1-4-18(5-2)13-22(9-10-25(18,23)24)16-11-14(3)20-17(21-16)15-7-6-8-19-12-15/h6-8,11-12H,4-5,9-10,13H2,1-3H3. The maximum atomic E-state index is 12.6. The summed E-state index contributed by atoms with van der Waals surface area (Å²) >= 11 is 0. The molecule has 0 aliphatic carbocycles. The van der Waals surface area contributed by atoms with Gasteiger partial charge in [-0.05, 0) is 31.9 Å². The molecule has 3 rings (SSSR count). The maximum Gasteiger partial charge on any atom is 0.163 e. The van der Waals surface area contributed by atoms with Crippen molar-refractivity contribution in [1.82, 2.24) is 15.0 Å². The van der Waals surface area contributed by atoms with Gasteiger partial charge in [0.1, 0.15) is 5.82 Å². The largest absolute Gasteiger partial charge is 0.354 e. The second kappa shape index (κ2) is 6.71. The van der Waals surface area contributed by atoms with Gasteiger partial charge in [0.05, 0.1) is 10.5 Å². The van der Waals surface area contributed by atoms with Crippen LogP contribution in [0.25, 0.3) is 11.4 Å². The van der Waals surface area contributed by atoms with E-state index in [1.807, 2.05) is 39.0 Å². The van der Waals surface area contributed by atoms with Crippen LogP contribution >= 0.6 is 0 Å². The van der Waals surface area contributed by atoms with Crippen molar-refractivity contribution in [3.63, 3.8) is 0 Å². The quantitative estimate of drug-likeness (QED) is 0.834. The Kier molecular flexibility index (Phi) is 4.77. The van der Waals surface area contributed by atoms with E-state index in [-0.39, 0.29) is 5.75 Å². The molecule has 0 aromatic carbocycles. The van der Waals surface area contributed by atoms with Crippen LogP contribution in [0.5, 0.6) is 0 Å². The predicted octanol–water partition coefficient (Wildman–Crippen LogP) is 2.64. The van der Waals surface area contributed by atoms with Gasteiger partial charge in [0, 0.05) is 42.8 Å². The van der Waals surface area contributed by atoms with Crippen LogP contribution in [0.1, 0.15) is 32.4 Å². The Morgan fingerprint density at radius 3 is 2.64 bits per heavy atom. The average Bonchev–Trinajstić information content (AvgIpc) is 2.62. The fourth-order valence-electron chi connectivity index (χ4n) is 3.42. The van der Waals surface area contributed by atoms with Crippen LogP contribution in [0.3, 0.4) is 0 Å². The first-order valence-corrected chi connectivity index (χ1v) is 10.3. The summed E-state index contributed by atoms with van der Waals surface area (Å²) in [5.41, 5.74) is 1.71. The number of aryl methyl sites for hydroxylation is 1. The fraction of sp³-hybridized carbons (Fsp3) is 0.500. The van der Waals surface area contributed by atoms with Crippen molar-refractivity contribution in [3.05, 3.63) is 36.3 Å². The van der Waals surface area contributed by atoms with Crippen molar-refractivity contribution in [2.75, 3.05) is 23.7 Å². The molecule has 0 spiro atoms. The van der Waals surface area contributed by atoms with E-state index in [1.165, 1.54) is 0 Å². The lowest BCUT2D eigenvalue weighted by Crippen LogP contribution is -2.56. The number of hydrogen-bond donors (Lipinski definition) is 0. The van der Waals surface area contributed by atoms with Gasteiger partial charge in [0.25, 0.3) is 0 Å². The summed E-state index contributed by atoms with van der Waals surface area (Å²) in [6.07, 6.45) is 4.68. The lowest BCUT2D eigenvalue weighted by atomic mass is 10.0. The minimum absolute atomic E-state index is 0.167. The Hall–Kier alpha value is -2.02. The molecule has 2 aromatic heterocycles. The second-order valence-electron chi connectivity index (χ2n) is 6.56. The SMILES string of the molecule is CCC1(CC)CN(c2cc(C)nc(-c3cccnc3)n2)CCS1(=O)=O. The van der Waals surface area contributed by atoms with E-state index < -0.39 is 14.6 Å². The first kappa shape index (κ1) is 17.8. The van der Waals surface area contributed by atoms with Crippen LogP contribution in [0.2, 0.25) is 0 Å². The van der Waals surface area contributed by atoms with Gasteiger partial charge >= 0.3 is 0 Å². The van der Waals surface area contributed by atoms with E-state index >= 15 is 0 Å². The number of nitrogens with zero attached hydrogens (tertiary/aromatic N) is 4. The zero-order valence-electron chi connectivity index (χ0n) is 14.9. The molecule has 0 amide bonds. The summed E-state index contributed by atoms with van der Waals surface area (Å²) in [5.74, 6) is 1.57. The molecule has 1 aliphatic rings. The molecule has 1 saturated heterocycles. The summed E-state index contributed by atoms with van der Waals surface area (Å²) < 4.78 is 24.6. The van der Waals surface area contributed by atoms with Gasteiger partial charge in [-0.2, -0.15) is 0 Å². The van der Waals surface area contributed by atoms with E-state index in [0.717, 1.165) is 17.1 Å². The van der Waals surface area contributed by atoms with Crippen LogP contribution < -0.4 is 4.90 Å². The molecule has 0 radical (unpaired) electrons. The van der Waals surface area contributed by atoms with Gasteiger partial charge in [-0.25, -0.2) is 18.4 Å². The lowest BCUT2D eigenvalue weighted by molar-refractivity contribution is 0.457. The number of anilines is 1. The molecule has 1 fully saturated rings. The minimum atomic E-state index is -3.09. The van der Waals surface area contributed by atoms with Gasteiger partial charge in [-0.3, -0.25) is 4.98 Å². The van der Waals surface area contributed by atoms with Crippen LogP contribution in [0.15, 0.2) is 30.6 Å². The normalized spacial score (nSPS) is 18.9. The summed E-state index contributed by atoms with van der Waals surface area (Å²) in [6, 6.07) is 5.70. The Morgan fingerprint density at radius 2 is 2.00 bits per heavy atom. The summed E-state index contributed by atoms with van der Waals surface area (Å²) in [4.78, 5) is 15.4.